The summed E-state index contributed by atoms with van der Waals surface area (Å²) in [6.45, 7) is 9.32. The molecule has 0 amide bonds. The van der Waals surface area contributed by atoms with Gasteiger partial charge in [0.25, 0.3) is 0 Å². The Labute approximate surface area is 136 Å². The van der Waals surface area contributed by atoms with Crippen molar-refractivity contribution in [3.05, 3.63) is 33.8 Å². The molecule has 0 bridgehead atoms. The van der Waals surface area contributed by atoms with Crippen LogP contribution in [0.5, 0.6) is 11.5 Å². The van der Waals surface area contributed by atoms with Crippen molar-refractivity contribution in [2.24, 2.45) is 5.73 Å². The molecule has 1 aromatic carbocycles. The van der Waals surface area contributed by atoms with E-state index < -0.39 is 0 Å². The normalized spacial score (nSPS) is 11.9. The van der Waals surface area contributed by atoms with Gasteiger partial charge in [-0.1, -0.05) is 12.5 Å². The highest BCUT2D eigenvalue weighted by Gasteiger charge is 2.13. The molecule has 0 radical (unpaired) electrons. The number of hydrogen-bond donors (Lipinski definition) is 1. The highest BCUT2D eigenvalue weighted by molar-refractivity contribution is 9.10. The molecule has 0 aliphatic heterocycles. The van der Waals surface area contributed by atoms with Crippen LogP contribution in [-0.2, 0) is 6.42 Å². The third-order valence-corrected chi connectivity index (χ3v) is 3.70. The van der Waals surface area contributed by atoms with Crippen LogP contribution in [0.2, 0.25) is 0 Å². The number of rotatable bonds is 8. The van der Waals surface area contributed by atoms with Gasteiger partial charge >= 0.3 is 0 Å². The summed E-state index contributed by atoms with van der Waals surface area (Å²) >= 11 is 3.58. The quantitative estimate of drug-likeness (QED) is 0.699. The van der Waals surface area contributed by atoms with E-state index in [0.717, 1.165) is 34.4 Å². The van der Waals surface area contributed by atoms with Crippen LogP contribution < -0.4 is 15.2 Å². The van der Waals surface area contributed by atoms with Crippen LogP contribution >= 0.6 is 15.9 Å². The van der Waals surface area contributed by atoms with Crippen LogP contribution in [0, 0.1) is 0 Å². The number of benzene rings is 1. The average Bonchev–Trinajstić information content (AvgIpc) is 2.41. The summed E-state index contributed by atoms with van der Waals surface area (Å²) in [5.74, 6) is 1.52. The first kappa shape index (κ1) is 18.1. The first-order valence-electron chi connectivity index (χ1n) is 7.44. The molecule has 0 fully saturated rings. The van der Waals surface area contributed by atoms with Crippen molar-refractivity contribution in [3.63, 3.8) is 0 Å². The van der Waals surface area contributed by atoms with Gasteiger partial charge < -0.3 is 15.2 Å². The molecule has 2 N–H and O–H groups in total. The van der Waals surface area contributed by atoms with Crippen LogP contribution in [0.15, 0.2) is 28.3 Å². The molecule has 1 rings (SSSR count). The molecule has 0 saturated carbocycles. The Balaban J connectivity index is 2.98. The third-order valence-electron chi connectivity index (χ3n) is 3.11. The van der Waals surface area contributed by atoms with Gasteiger partial charge in [-0.05, 0) is 73.3 Å². The molecule has 0 spiro atoms. The van der Waals surface area contributed by atoms with E-state index in [1.807, 2.05) is 19.1 Å². The Morgan fingerprint density at radius 2 is 2.00 bits per heavy atom. The van der Waals surface area contributed by atoms with Gasteiger partial charge in [-0.3, -0.25) is 0 Å². The summed E-state index contributed by atoms with van der Waals surface area (Å²) in [6.07, 6.45) is 3.84. The highest BCUT2D eigenvalue weighted by Crippen LogP contribution is 2.37. The second-order valence-corrected chi connectivity index (χ2v) is 6.16. The van der Waals surface area contributed by atoms with Gasteiger partial charge in [0.1, 0.15) is 6.61 Å². The van der Waals surface area contributed by atoms with Gasteiger partial charge in [-0.15, -0.1) is 0 Å². The molecule has 4 heteroatoms. The number of hydrogen-bond acceptors (Lipinski definition) is 3. The van der Waals surface area contributed by atoms with E-state index in [0.29, 0.717) is 13.2 Å². The Kier molecular flexibility index (Phi) is 7.83. The SMILES string of the molecule is CCOc1cc(CC(N)CC)cc(Br)c1OCC=C(C)C. The Bertz CT molecular complexity index is 482. The summed E-state index contributed by atoms with van der Waals surface area (Å²) in [4.78, 5) is 0. The van der Waals surface area contributed by atoms with E-state index in [4.69, 9.17) is 15.2 Å². The minimum atomic E-state index is 0.170. The molecule has 1 aromatic rings. The van der Waals surface area contributed by atoms with Gasteiger partial charge in [-0.2, -0.15) is 0 Å². The van der Waals surface area contributed by atoms with E-state index in [-0.39, 0.29) is 6.04 Å². The van der Waals surface area contributed by atoms with Crippen molar-refractivity contribution < 1.29 is 9.47 Å². The fourth-order valence-electron chi connectivity index (χ4n) is 1.88. The Morgan fingerprint density at radius 1 is 1.29 bits per heavy atom. The van der Waals surface area contributed by atoms with Crippen molar-refractivity contribution in [1.29, 1.82) is 0 Å². The van der Waals surface area contributed by atoms with Gasteiger partial charge in [0.15, 0.2) is 11.5 Å². The average molecular weight is 356 g/mol. The van der Waals surface area contributed by atoms with Crippen LogP contribution in [0.4, 0.5) is 0 Å². The number of allylic oxidation sites excluding steroid dienone is 1. The molecule has 0 heterocycles. The molecule has 1 unspecified atom stereocenters. The maximum Gasteiger partial charge on any atom is 0.175 e. The third kappa shape index (κ3) is 6.10. The second kappa shape index (κ2) is 9.11. The monoisotopic (exact) mass is 355 g/mol. The maximum absolute atomic E-state index is 6.04. The van der Waals surface area contributed by atoms with Gasteiger partial charge in [0, 0.05) is 6.04 Å². The second-order valence-electron chi connectivity index (χ2n) is 5.30. The predicted molar refractivity (Wildman–Crippen MR) is 92.2 cm³/mol. The first-order valence-corrected chi connectivity index (χ1v) is 8.24. The minimum Gasteiger partial charge on any atom is -0.490 e. The molecule has 3 nitrogen and oxygen atoms in total. The van der Waals surface area contributed by atoms with Crippen LogP contribution in [0.1, 0.15) is 39.7 Å². The Hall–Kier alpha value is -1.00. The van der Waals surface area contributed by atoms with Crippen molar-refractivity contribution in [3.8, 4) is 11.5 Å². The first-order chi connectivity index (χ1) is 9.97. The molecule has 21 heavy (non-hydrogen) atoms. The van der Waals surface area contributed by atoms with Crippen LogP contribution in [0.3, 0.4) is 0 Å². The van der Waals surface area contributed by atoms with Crippen LogP contribution in [0.25, 0.3) is 0 Å². The molecule has 0 aliphatic rings. The lowest BCUT2D eigenvalue weighted by molar-refractivity contribution is 0.294. The summed E-state index contributed by atoms with van der Waals surface area (Å²) < 4.78 is 12.5. The molecular weight excluding hydrogens is 330 g/mol. The lowest BCUT2D eigenvalue weighted by atomic mass is 10.0. The molecular formula is C17H26BrNO2. The standard InChI is InChI=1S/C17H26BrNO2/c1-5-14(19)9-13-10-15(18)17(16(11-13)20-6-2)21-8-7-12(3)4/h7,10-11,14H,5-6,8-9,19H2,1-4H3. The molecule has 0 saturated heterocycles. The van der Waals surface area contributed by atoms with Gasteiger partial charge in [0.2, 0.25) is 0 Å². The van der Waals surface area contributed by atoms with E-state index in [9.17, 15) is 0 Å². The lowest BCUT2D eigenvalue weighted by Crippen LogP contribution is -2.21. The summed E-state index contributed by atoms with van der Waals surface area (Å²) in [6, 6.07) is 4.26. The fraction of sp³-hybridized carbons (Fsp3) is 0.529. The zero-order valence-corrected chi connectivity index (χ0v) is 15.0. The fourth-order valence-corrected chi connectivity index (χ4v) is 2.48. The summed E-state index contributed by atoms with van der Waals surface area (Å²) in [7, 11) is 0. The molecule has 1 atom stereocenters. The summed E-state index contributed by atoms with van der Waals surface area (Å²) in [5.41, 5.74) is 8.43. The van der Waals surface area contributed by atoms with Crippen molar-refractivity contribution in [2.45, 2.75) is 46.6 Å². The van der Waals surface area contributed by atoms with E-state index >= 15 is 0 Å². The maximum atomic E-state index is 6.04. The van der Waals surface area contributed by atoms with Crippen LogP contribution in [-0.4, -0.2) is 19.3 Å². The zero-order valence-electron chi connectivity index (χ0n) is 13.4. The van der Waals surface area contributed by atoms with Crippen molar-refractivity contribution in [1.82, 2.24) is 0 Å². The van der Waals surface area contributed by atoms with E-state index in [1.54, 1.807) is 0 Å². The van der Waals surface area contributed by atoms with Crippen molar-refractivity contribution >= 4 is 15.9 Å². The van der Waals surface area contributed by atoms with E-state index in [1.165, 1.54) is 5.57 Å². The topological polar surface area (TPSA) is 44.5 Å². The molecule has 118 valence electrons. The smallest absolute Gasteiger partial charge is 0.175 e. The largest absolute Gasteiger partial charge is 0.490 e. The number of halogens is 1. The number of ether oxygens (including phenoxy) is 2. The molecule has 0 aromatic heterocycles. The summed E-state index contributed by atoms with van der Waals surface area (Å²) in [5, 5.41) is 0. The van der Waals surface area contributed by atoms with Gasteiger partial charge in [-0.25, -0.2) is 0 Å². The minimum absolute atomic E-state index is 0.170. The highest BCUT2D eigenvalue weighted by atomic mass is 79.9. The predicted octanol–water partition coefficient (Wildman–Crippen LogP) is 4.47. The molecule has 0 aliphatic carbocycles. The van der Waals surface area contributed by atoms with Gasteiger partial charge in [0.05, 0.1) is 11.1 Å². The van der Waals surface area contributed by atoms with Crippen molar-refractivity contribution in [2.75, 3.05) is 13.2 Å². The van der Waals surface area contributed by atoms with E-state index in [2.05, 4.69) is 42.8 Å². The zero-order chi connectivity index (χ0) is 15.8. The number of nitrogens with two attached hydrogens (primary N) is 1. The lowest BCUT2D eigenvalue weighted by Gasteiger charge is -2.16. The Morgan fingerprint density at radius 3 is 2.57 bits per heavy atom.